The van der Waals surface area contributed by atoms with E-state index in [4.69, 9.17) is 0 Å². The summed E-state index contributed by atoms with van der Waals surface area (Å²) in [5.74, 6) is 0. The minimum atomic E-state index is -0.0541. The zero-order valence-corrected chi connectivity index (χ0v) is 10.4. The summed E-state index contributed by atoms with van der Waals surface area (Å²) in [5.41, 5.74) is 4.26. The maximum atomic E-state index is 11.5. The standard InChI is InChI=1S/C14H16N2O/c1-4-16-14(17)8-7-13(15-16)12-9-10(2)5-6-11(12)3/h5-9H,4H2,1-3H3. The van der Waals surface area contributed by atoms with E-state index in [1.54, 1.807) is 12.1 Å². The van der Waals surface area contributed by atoms with Crippen molar-refractivity contribution < 1.29 is 0 Å². The number of rotatable bonds is 2. The van der Waals surface area contributed by atoms with E-state index >= 15 is 0 Å². The maximum Gasteiger partial charge on any atom is 0.266 e. The van der Waals surface area contributed by atoms with Crippen molar-refractivity contribution in [1.82, 2.24) is 9.78 Å². The molecule has 0 saturated carbocycles. The fraction of sp³-hybridized carbons (Fsp3) is 0.286. The van der Waals surface area contributed by atoms with Gasteiger partial charge in [-0.05, 0) is 38.5 Å². The van der Waals surface area contributed by atoms with Gasteiger partial charge in [-0.3, -0.25) is 4.79 Å². The van der Waals surface area contributed by atoms with Crippen LogP contribution in [0.3, 0.4) is 0 Å². The Morgan fingerprint density at radius 1 is 1.18 bits per heavy atom. The van der Waals surface area contributed by atoms with Gasteiger partial charge in [-0.25, -0.2) is 4.68 Å². The second-order valence-corrected chi connectivity index (χ2v) is 4.19. The van der Waals surface area contributed by atoms with Crippen LogP contribution in [-0.2, 0) is 6.54 Å². The number of aromatic nitrogens is 2. The van der Waals surface area contributed by atoms with Crippen LogP contribution in [0.1, 0.15) is 18.1 Å². The molecule has 1 aromatic heterocycles. The van der Waals surface area contributed by atoms with Crippen molar-refractivity contribution in [3.05, 3.63) is 51.8 Å². The van der Waals surface area contributed by atoms with Crippen LogP contribution < -0.4 is 5.56 Å². The van der Waals surface area contributed by atoms with Crippen molar-refractivity contribution in [1.29, 1.82) is 0 Å². The third kappa shape index (κ3) is 2.28. The number of benzene rings is 1. The first-order valence-electron chi connectivity index (χ1n) is 5.77. The lowest BCUT2D eigenvalue weighted by Gasteiger charge is -2.08. The minimum absolute atomic E-state index is 0.0541. The van der Waals surface area contributed by atoms with Crippen LogP contribution in [0.15, 0.2) is 35.1 Å². The highest BCUT2D eigenvalue weighted by molar-refractivity contribution is 5.63. The van der Waals surface area contributed by atoms with E-state index in [9.17, 15) is 4.79 Å². The van der Waals surface area contributed by atoms with Crippen LogP contribution >= 0.6 is 0 Å². The van der Waals surface area contributed by atoms with Gasteiger partial charge in [-0.2, -0.15) is 5.10 Å². The van der Waals surface area contributed by atoms with Crippen molar-refractivity contribution in [2.24, 2.45) is 0 Å². The summed E-state index contributed by atoms with van der Waals surface area (Å²) in [6, 6.07) is 9.62. The Kier molecular flexibility index (Phi) is 3.09. The molecule has 0 atom stereocenters. The van der Waals surface area contributed by atoms with Gasteiger partial charge in [0.05, 0.1) is 5.69 Å². The normalized spacial score (nSPS) is 10.5. The van der Waals surface area contributed by atoms with Crippen LogP contribution in [0.25, 0.3) is 11.3 Å². The van der Waals surface area contributed by atoms with E-state index in [1.807, 2.05) is 6.92 Å². The van der Waals surface area contributed by atoms with Gasteiger partial charge in [-0.15, -0.1) is 0 Å². The van der Waals surface area contributed by atoms with Crippen LogP contribution in [0.5, 0.6) is 0 Å². The molecule has 0 aliphatic heterocycles. The largest absolute Gasteiger partial charge is 0.268 e. The summed E-state index contributed by atoms with van der Waals surface area (Å²) in [4.78, 5) is 11.5. The van der Waals surface area contributed by atoms with Crippen molar-refractivity contribution in [3.63, 3.8) is 0 Å². The zero-order valence-electron chi connectivity index (χ0n) is 10.4. The quantitative estimate of drug-likeness (QED) is 0.791. The highest BCUT2D eigenvalue weighted by Crippen LogP contribution is 2.21. The summed E-state index contributed by atoms with van der Waals surface area (Å²) < 4.78 is 1.48. The van der Waals surface area contributed by atoms with Crippen molar-refractivity contribution in [2.45, 2.75) is 27.3 Å². The van der Waals surface area contributed by atoms with Crippen LogP contribution in [0.2, 0.25) is 0 Å². The molecule has 17 heavy (non-hydrogen) atoms. The molecule has 0 unspecified atom stereocenters. The van der Waals surface area contributed by atoms with Crippen molar-refractivity contribution in [2.75, 3.05) is 0 Å². The third-order valence-corrected chi connectivity index (χ3v) is 2.84. The van der Waals surface area contributed by atoms with Crippen molar-refractivity contribution >= 4 is 0 Å². The molecule has 0 spiro atoms. The van der Waals surface area contributed by atoms with E-state index in [1.165, 1.54) is 15.8 Å². The smallest absolute Gasteiger partial charge is 0.266 e. The highest BCUT2D eigenvalue weighted by atomic mass is 16.1. The highest BCUT2D eigenvalue weighted by Gasteiger charge is 2.05. The Balaban J connectivity index is 2.60. The summed E-state index contributed by atoms with van der Waals surface area (Å²) in [6.07, 6.45) is 0. The Hall–Kier alpha value is -1.90. The lowest BCUT2D eigenvalue weighted by atomic mass is 10.0. The molecular formula is C14H16N2O. The Labute approximate surface area is 101 Å². The monoisotopic (exact) mass is 228 g/mol. The summed E-state index contributed by atoms with van der Waals surface area (Å²) in [7, 11) is 0. The fourth-order valence-corrected chi connectivity index (χ4v) is 1.83. The second-order valence-electron chi connectivity index (χ2n) is 4.19. The lowest BCUT2D eigenvalue weighted by Crippen LogP contribution is -2.21. The Bertz CT molecular complexity index is 599. The molecule has 3 nitrogen and oxygen atoms in total. The summed E-state index contributed by atoms with van der Waals surface area (Å²) >= 11 is 0. The van der Waals surface area contributed by atoms with Gasteiger partial charge in [0, 0.05) is 18.2 Å². The topological polar surface area (TPSA) is 34.9 Å². The summed E-state index contributed by atoms with van der Waals surface area (Å²) in [6.45, 7) is 6.62. The van der Waals surface area contributed by atoms with E-state index in [0.717, 1.165) is 11.3 Å². The van der Waals surface area contributed by atoms with E-state index < -0.39 is 0 Å². The molecule has 2 rings (SSSR count). The first kappa shape index (κ1) is 11.6. The van der Waals surface area contributed by atoms with E-state index in [2.05, 4.69) is 37.1 Å². The molecule has 0 fully saturated rings. The van der Waals surface area contributed by atoms with Gasteiger partial charge in [0.1, 0.15) is 0 Å². The zero-order chi connectivity index (χ0) is 12.4. The van der Waals surface area contributed by atoms with Gasteiger partial charge in [0.2, 0.25) is 0 Å². The van der Waals surface area contributed by atoms with Gasteiger partial charge in [0.25, 0.3) is 5.56 Å². The molecule has 1 heterocycles. The number of nitrogens with zero attached hydrogens (tertiary/aromatic N) is 2. The average Bonchev–Trinajstić information content (AvgIpc) is 2.33. The molecule has 0 aliphatic carbocycles. The molecule has 0 N–H and O–H groups in total. The Morgan fingerprint density at radius 2 is 1.94 bits per heavy atom. The van der Waals surface area contributed by atoms with Crippen LogP contribution in [-0.4, -0.2) is 9.78 Å². The summed E-state index contributed by atoms with van der Waals surface area (Å²) in [5, 5.41) is 4.37. The predicted molar refractivity (Wildman–Crippen MR) is 69.1 cm³/mol. The molecular weight excluding hydrogens is 212 g/mol. The van der Waals surface area contributed by atoms with E-state index in [-0.39, 0.29) is 5.56 Å². The fourth-order valence-electron chi connectivity index (χ4n) is 1.83. The van der Waals surface area contributed by atoms with E-state index in [0.29, 0.717) is 6.54 Å². The second kappa shape index (κ2) is 4.53. The first-order valence-corrected chi connectivity index (χ1v) is 5.77. The van der Waals surface area contributed by atoms with Gasteiger partial charge >= 0.3 is 0 Å². The molecule has 0 aliphatic rings. The molecule has 88 valence electrons. The maximum absolute atomic E-state index is 11.5. The molecule has 0 amide bonds. The molecule has 0 saturated heterocycles. The minimum Gasteiger partial charge on any atom is -0.268 e. The first-order chi connectivity index (χ1) is 8.11. The third-order valence-electron chi connectivity index (χ3n) is 2.84. The van der Waals surface area contributed by atoms with Gasteiger partial charge < -0.3 is 0 Å². The number of aryl methyl sites for hydroxylation is 3. The number of hydrogen-bond donors (Lipinski definition) is 0. The SMILES string of the molecule is CCn1nc(-c2cc(C)ccc2C)ccc1=O. The van der Waals surface area contributed by atoms with Gasteiger partial charge in [0.15, 0.2) is 0 Å². The molecule has 1 aromatic carbocycles. The molecule has 0 bridgehead atoms. The molecule has 0 radical (unpaired) electrons. The molecule has 3 heteroatoms. The lowest BCUT2D eigenvalue weighted by molar-refractivity contribution is 0.619. The van der Waals surface area contributed by atoms with Gasteiger partial charge in [-0.1, -0.05) is 17.7 Å². The Morgan fingerprint density at radius 3 is 2.65 bits per heavy atom. The average molecular weight is 228 g/mol. The number of hydrogen-bond acceptors (Lipinski definition) is 2. The van der Waals surface area contributed by atoms with Crippen LogP contribution in [0, 0.1) is 13.8 Å². The molecule has 2 aromatic rings. The van der Waals surface area contributed by atoms with Crippen LogP contribution in [0.4, 0.5) is 0 Å². The predicted octanol–water partition coefficient (Wildman–Crippen LogP) is 2.55. The van der Waals surface area contributed by atoms with Crippen molar-refractivity contribution in [3.8, 4) is 11.3 Å².